The number of aromatic nitrogens is 3. The number of hydrogen-bond donors (Lipinski definition) is 2. The lowest BCUT2D eigenvalue weighted by atomic mass is 10.1. The van der Waals surface area contributed by atoms with Gasteiger partial charge in [-0.2, -0.15) is 0 Å². The molecule has 0 saturated carbocycles. The van der Waals surface area contributed by atoms with E-state index >= 15 is 0 Å². The molecule has 0 unspecified atom stereocenters. The number of nitrogens with zero attached hydrogens (tertiary/aromatic N) is 3. The third-order valence-corrected chi connectivity index (χ3v) is 4.38. The Morgan fingerprint density at radius 1 is 1.09 bits per heavy atom. The number of thiazole rings is 1. The molecule has 0 spiro atoms. The van der Waals surface area contributed by atoms with Crippen molar-refractivity contribution in [2.24, 2.45) is 0 Å². The minimum Gasteiger partial charge on any atom is -0.462 e. The number of nitrogens with two attached hydrogens (primary N) is 1. The molecule has 114 valence electrons. The lowest BCUT2D eigenvalue weighted by Gasteiger charge is -2.03. The molecule has 23 heavy (non-hydrogen) atoms. The van der Waals surface area contributed by atoms with E-state index in [-0.39, 0.29) is 6.61 Å². The van der Waals surface area contributed by atoms with E-state index in [0.29, 0.717) is 27.7 Å². The second kappa shape index (κ2) is 5.45. The van der Waals surface area contributed by atoms with Crippen molar-refractivity contribution in [2.45, 2.75) is 6.61 Å². The largest absolute Gasteiger partial charge is 0.462 e. The van der Waals surface area contributed by atoms with Crippen LogP contribution in [0.25, 0.3) is 32.5 Å². The number of hydrogen-bond acceptors (Lipinski definition) is 7. The summed E-state index contributed by atoms with van der Waals surface area (Å²) in [5, 5.41) is 9.83. The first-order valence-corrected chi connectivity index (χ1v) is 7.74. The van der Waals surface area contributed by atoms with Crippen LogP contribution in [0, 0.1) is 0 Å². The highest BCUT2D eigenvalue weighted by atomic mass is 32.1. The third-order valence-electron chi connectivity index (χ3n) is 3.41. The average Bonchev–Trinajstić information content (AvgIpc) is 3.24. The molecular weight excluding hydrogens is 312 g/mol. The van der Waals surface area contributed by atoms with Gasteiger partial charge in [0.25, 0.3) is 0 Å². The van der Waals surface area contributed by atoms with Crippen LogP contribution in [-0.4, -0.2) is 20.1 Å². The highest BCUT2D eigenvalue weighted by molar-refractivity contribution is 7.21. The molecule has 0 atom stereocenters. The Kier molecular flexibility index (Phi) is 3.29. The van der Waals surface area contributed by atoms with E-state index in [1.165, 1.54) is 11.3 Å². The molecule has 4 rings (SSSR count). The summed E-state index contributed by atoms with van der Waals surface area (Å²) in [6.07, 6.45) is 1.60. The molecule has 0 aliphatic carbocycles. The maximum atomic E-state index is 9.11. The van der Waals surface area contributed by atoms with Crippen molar-refractivity contribution in [2.75, 3.05) is 5.73 Å². The van der Waals surface area contributed by atoms with Crippen molar-refractivity contribution in [3.8, 4) is 22.2 Å². The van der Waals surface area contributed by atoms with Gasteiger partial charge in [0.05, 0.1) is 12.9 Å². The number of aliphatic hydroxyl groups is 1. The molecule has 0 aliphatic heterocycles. The number of benzene rings is 1. The van der Waals surface area contributed by atoms with Gasteiger partial charge in [0.15, 0.2) is 22.4 Å². The SMILES string of the molecule is Nc1nc(-c2ccc(CO)cc2)nc2sc(-c3ccco3)nc12. The molecule has 7 heteroatoms. The van der Waals surface area contributed by atoms with E-state index in [2.05, 4.69) is 15.0 Å². The van der Waals surface area contributed by atoms with Gasteiger partial charge < -0.3 is 15.3 Å². The smallest absolute Gasteiger partial charge is 0.163 e. The standard InChI is InChI=1S/C16H12N4O2S/c17-13-12-16(23-15(18-12)11-2-1-7-22-11)20-14(19-13)10-5-3-9(8-21)4-6-10/h1-7,21H,8H2,(H2,17,19,20). The molecule has 3 aromatic heterocycles. The summed E-state index contributed by atoms with van der Waals surface area (Å²) >= 11 is 1.41. The number of anilines is 1. The summed E-state index contributed by atoms with van der Waals surface area (Å²) in [5.41, 5.74) is 8.29. The highest BCUT2D eigenvalue weighted by Gasteiger charge is 2.15. The molecule has 0 radical (unpaired) electrons. The lowest BCUT2D eigenvalue weighted by Crippen LogP contribution is -1.97. The Hall–Kier alpha value is -2.77. The van der Waals surface area contributed by atoms with Crippen molar-refractivity contribution >= 4 is 27.5 Å². The van der Waals surface area contributed by atoms with E-state index in [4.69, 9.17) is 15.3 Å². The van der Waals surface area contributed by atoms with Crippen molar-refractivity contribution in [3.63, 3.8) is 0 Å². The molecule has 1 aromatic carbocycles. The van der Waals surface area contributed by atoms with Gasteiger partial charge in [-0.15, -0.1) is 0 Å². The van der Waals surface area contributed by atoms with Crippen LogP contribution in [0.4, 0.5) is 5.82 Å². The first kappa shape index (κ1) is 13.9. The minimum atomic E-state index is 0.00363. The van der Waals surface area contributed by atoms with Gasteiger partial charge in [-0.25, -0.2) is 15.0 Å². The quantitative estimate of drug-likeness (QED) is 0.601. The van der Waals surface area contributed by atoms with Gasteiger partial charge in [-0.3, -0.25) is 0 Å². The number of fused-ring (bicyclic) bond motifs is 1. The number of aliphatic hydroxyl groups excluding tert-OH is 1. The van der Waals surface area contributed by atoms with Gasteiger partial charge >= 0.3 is 0 Å². The molecule has 4 aromatic rings. The van der Waals surface area contributed by atoms with E-state index < -0.39 is 0 Å². The zero-order valence-corrected chi connectivity index (χ0v) is 12.7. The van der Waals surface area contributed by atoms with Gasteiger partial charge in [0.2, 0.25) is 0 Å². The van der Waals surface area contributed by atoms with Crippen molar-refractivity contribution < 1.29 is 9.52 Å². The maximum Gasteiger partial charge on any atom is 0.163 e. The van der Waals surface area contributed by atoms with Gasteiger partial charge in [0.1, 0.15) is 10.3 Å². The van der Waals surface area contributed by atoms with E-state index in [9.17, 15) is 0 Å². The third kappa shape index (κ3) is 2.45. The summed E-state index contributed by atoms with van der Waals surface area (Å²) in [6, 6.07) is 11.0. The molecule has 0 saturated heterocycles. The van der Waals surface area contributed by atoms with Crippen molar-refractivity contribution in [3.05, 3.63) is 48.2 Å². The predicted molar refractivity (Wildman–Crippen MR) is 88.7 cm³/mol. The van der Waals surface area contributed by atoms with Gasteiger partial charge in [0, 0.05) is 5.56 Å². The Labute approximate surface area is 135 Å². The summed E-state index contributed by atoms with van der Waals surface area (Å²) in [6.45, 7) is 0.00363. The van der Waals surface area contributed by atoms with Crippen LogP contribution < -0.4 is 5.73 Å². The topological polar surface area (TPSA) is 98.1 Å². The predicted octanol–water partition coefficient (Wildman–Crippen LogP) is 3.09. The fourth-order valence-electron chi connectivity index (χ4n) is 2.24. The molecule has 0 bridgehead atoms. The summed E-state index contributed by atoms with van der Waals surface area (Å²) in [5.74, 6) is 1.56. The first-order valence-electron chi connectivity index (χ1n) is 6.92. The minimum absolute atomic E-state index is 0.00363. The zero-order chi connectivity index (χ0) is 15.8. The lowest BCUT2D eigenvalue weighted by molar-refractivity contribution is 0.282. The summed E-state index contributed by atoms with van der Waals surface area (Å²) in [7, 11) is 0. The normalized spacial score (nSPS) is 11.2. The van der Waals surface area contributed by atoms with Crippen LogP contribution in [0.2, 0.25) is 0 Å². The fourth-order valence-corrected chi connectivity index (χ4v) is 3.15. The Morgan fingerprint density at radius 3 is 2.61 bits per heavy atom. The molecule has 3 N–H and O–H groups in total. The average molecular weight is 324 g/mol. The van der Waals surface area contributed by atoms with E-state index in [0.717, 1.165) is 16.1 Å². The molecular formula is C16H12N4O2S. The summed E-state index contributed by atoms with van der Waals surface area (Å²) in [4.78, 5) is 14.1. The molecule has 3 heterocycles. The van der Waals surface area contributed by atoms with Crippen LogP contribution in [0.1, 0.15) is 5.56 Å². The van der Waals surface area contributed by atoms with Crippen LogP contribution in [0.15, 0.2) is 47.1 Å². The second-order valence-electron chi connectivity index (χ2n) is 4.94. The highest BCUT2D eigenvalue weighted by Crippen LogP contribution is 2.32. The van der Waals surface area contributed by atoms with Gasteiger partial charge in [-0.05, 0) is 17.7 Å². The Balaban J connectivity index is 1.82. The van der Waals surface area contributed by atoms with Crippen LogP contribution in [0.3, 0.4) is 0 Å². The molecule has 0 amide bonds. The van der Waals surface area contributed by atoms with E-state index in [1.54, 1.807) is 6.26 Å². The molecule has 6 nitrogen and oxygen atoms in total. The van der Waals surface area contributed by atoms with Gasteiger partial charge in [-0.1, -0.05) is 35.6 Å². The van der Waals surface area contributed by atoms with Crippen LogP contribution in [0.5, 0.6) is 0 Å². The number of rotatable bonds is 3. The monoisotopic (exact) mass is 324 g/mol. The maximum absolute atomic E-state index is 9.11. The zero-order valence-electron chi connectivity index (χ0n) is 11.9. The first-order chi connectivity index (χ1) is 11.2. The Bertz CT molecular complexity index is 962. The van der Waals surface area contributed by atoms with Crippen LogP contribution in [-0.2, 0) is 6.61 Å². The molecule has 0 fully saturated rings. The van der Waals surface area contributed by atoms with E-state index in [1.807, 2.05) is 36.4 Å². The van der Waals surface area contributed by atoms with Crippen molar-refractivity contribution in [1.82, 2.24) is 15.0 Å². The fraction of sp³-hybridized carbons (Fsp3) is 0.0625. The number of furan rings is 1. The summed E-state index contributed by atoms with van der Waals surface area (Å²) < 4.78 is 5.36. The van der Waals surface area contributed by atoms with Crippen molar-refractivity contribution in [1.29, 1.82) is 0 Å². The Morgan fingerprint density at radius 2 is 1.91 bits per heavy atom. The number of nitrogen functional groups attached to an aromatic ring is 1. The molecule has 0 aliphatic rings. The second-order valence-corrected chi connectivity index (χ2v) is 5.92. The van der Waals surface area contributed by atoms with Crippen LogP contribution >= 0.6 is 11.3 Å².